The Labute approximate surface area is 72.6 Å². The van der Waals surface area contributed by atoms with Gasteiger partial charge in [0.25, 0.3) is 0 Å². The summed E-state index contributed by atoms with van der Waals surface area (Å²) in [6, 6.07) is 2.16. The summed E-state index contributed by atoms with van der Waals surface area (Å²) < 4.78 is 5.48. The van der Waals surface area contributed by atoms with Gasteiger partial charge < -0.3 is 4.74 Å². The van der Waals surface area contributed by atoms with Crippen LogP contribution in [-0.2, 0) is 6.42 Å². The second kappa shape index (κ2) is 2.77. The molecule has 2 heteroatoms. The van der Waals surface area contributed by atoms with E-state index in [1.807, 2.05) is 6.20 Å². The van der Waals surface area contributed by atoms with Crippen LogP contribution in [0, 0.1) is 12.8 Å². The number of aromatic nitrogens is 1. The molecule has 0 bridgehead atoms. The van der Waals surface area contributed by atoms with Crippen LogP contribution in [0.1, 0.15) is 18.1 Å². The lowest BCUT2D eigenvalue weighted by atomic mass is 10.00. The molecule has 64 valence electrons. The minimum absolute atomic E-state index is 0.626. The molecule has 2 nitrogen and oxygen atoms in total. The maximum absolute atomic E-state index is 5.48. The van der Waals surface area contributed by atoms with E-state index >= 15 is 0 Å². The van der Waals surface area contributed by atoms with E-state index in [-0.39, 0.29) is 0 Å². The summed E-state index contributed by atoms with van der Waals surface area (Å²) in [6.07, 6.45) is 2.96. The third-order valence-electron chi connectivity index (χ3n) is 2.13. The molecule has 1 atom stereocenters. The van der Waals surface area contributed by atoms with Crippen molar-refractivity contribution >= 4 is 0 Å². The van der Waals surface area contributed by atoms with Gasteiger partial charge in [0, 0.05) is 11.8 Å². The van der Waals surface area contributed by atoms with E-state index in [1.54, 1.807) is 0 Å². The normalized spacial score (nSPS) is 21.3. The lowest BCUT2D eigenvalue weighted by Crippen LogP contribution is -2.18. The van der Waals surface area contributed by atoms with Crippen molar-refractivity contribution < 1.29 is 4.74 Å². The molecule has 0 amide bonds. The van der Waals surface area contributed by atoms with E-state index in [0.717, 1.165) is 18.9 Å². The molecule has 0 aliphatic carbocycles. The molecule has 1 aromatic heterocycles. The maximum atomic E-state index is 5.48. The van der Waals surface area contributed by atoms with Crippen LogP contribution in [0.2, 0.25) is 0 Å². The predicted molar refractivity (Wildman–Crippen MR) is 47.3 cm³/mol. The van der Waals surface area contributed by atoms with Crippen molar-refractivity contribution in [2.75, 3.05) is 6.61 Å². The smallest absolute Gasteiger partial charge is 0.216 e. The van der Waals surface area contributed by atoms with Crippen LogP contribution in [0.4, 0.5) is 0 Å². The fraction of sp³-hybridized carbons (Fsp3) is 0.500. The summed E-state index contributed by atoms with van der Waals surface area (Å²) in [5.74, 6) is 1.46. The number of hydrogen-bond acceptors (Lipinski definition) is 2. The number of fused-ring (bicyclic) bond motifs is 1. The first-order chi connectivity index (χ1) is 5.75. The molecule has 0 aromatic carbocycles. The van der Waals surface area contributed by atoms with Crippen molar-refractivity contribution in [1.29, 1.82) is 0 Å². The monoisotopic (exact) mass is 163 g/mol. The second-order valence-electron chi connectivity index (χ2n) is 3.60. The number of rotatable bonds is 0. The lowest BCUT2D eigenvalue weighted by Gasteiger charge is -2.21. The van der Waals surface area contributed by atoms with Crippen LogP contribution in [0.5, 0.6) is 5.88 Å². The highest BCUT2D eigenvalue weighted by atomic mass is 16.5. The Kier molecular flexibility index (Phi) is 1.75. The van der Waals surface area contributed by atoms with Gasteiger partial charge >= 0.3 is 0 Å². The zero-order valence-corrected chi connectivity index (χ0v) is 7.50. The highest BCUT2D eigenvalue weighted by Gasteiger charge is 2.16. The SMILES string of the molecule is Cc1cnc2c(c1)CC(C)CO2. The molecule has 2 heterocycles. The van der Waals surface area contributed by atoms with Gasteiger partial charge in [0.15, 0.2) is 0 Å². The summed E-state index contributed by atoms with van der Waals surface area (Å²) in [7, 11) is 0. The lowest BCUT2D eigenvalue weighted by molar-refractivity contribution is 0.224. The molecule has 2 rings (SSSR count). The van der Waals surface area contributed by atoms with Crippen LogP contribution in [0.15, 0.2) is 12.3 Å². The Morgan fingerprint density at radius 3 is 3.25 bits per heavy atom. The van der Waals surface area contributed by atoms with Gasteiger partial charge in [-0.3, -0.25) is 0 Å². The minimum atomic E-state index is 0.626. The number of nitrogens with zero attached hydrogens (tertiary/aromatic N) is 1. The zero-order valence-electron chi connectivity index (χ0n) is 7.50. The Morgan fingerprint density at radius 1 is 1.58 bits per heavy atom. The van der Waals surface area contributed by atoms with Gasteiger partial charge in [-0.05, 0) is 30.9 Å². The molecule has 0 saturated carbocycles. The molecular formula is C10H13NO. The van der Waals surface area contributed by atoms with Crippen molar-refractivity contribution in [1.82, 2.24) is 4.98 Å². The van der Waals surface area contributed by atoms with Gasteiger partial charge in [0.05, 0.1) is 6.61 Å². The third kappa shape index (κ3) is 1.29. The number of pyridine rings is 1. The van der Waals surface area contributed by atoms with Gasteiger partial charge in [-0.2, -0.15) is 0 Å². The molecule has 12 heavy (non-hydrogen) atoms. The summed E-state index contributed by atoms with van der Waals surface area (Å²) >= 11 is 0. The number of aryl methyl sites for hydroxylation is 1. The fourth-order valence-corrected chi connectivity index (χ4v) is 1.55. The van der Waals surface area contributed by atoms with Crippen molar-refractivity contribution in [3.63, 3.8) is 0 Å². The average molecular weight is 163 g/mol. The van der Waals surface area contributed by atoms with Crippen molar-refractivity contribution in [2.24, 2.45) is 5.92 Å². The van der Waals surface area contributed by atoms with E-state index in [0.29, 0.717) is 5.92 Å². The number of hydrogen-bond donors (Lipinski definition) is 0. The van der Waals surface area contributed by atoms with Crippen LogP contribution in [0.25, 0.3) is 0 Å². The molecule has 1 unspecified atom stereocenters. The summed E-state index contributed by atoms with van der Waals surface area (Å²) in [4.78, 5) is 4.23. The molecule has 1 aliphatic rings. The van der Waals surface area contributed by atoms with Crippen LogP contribution in [-0.4, -0.2) is 11.6 Å². The minimum Gasteiger partial charge on any atom is -0.477 e. The summed E-state index contributed by atoms with van der Waals surface area (Å²) in [5, 5.41) is 0. The highest BCUT2D eigenvalue weighted by Crippen LogP contribution is 2.24. The molecule has 0 spiro atoms. The highest BCUT2D eigenvalue weighted by molar-refractivity contribution is 5.31. The first-order valence-corrected chi connectivity index (χ1v) is 4.34. The van der Waals surface area contributed by atoms with E-state index in [1.165, 1.54) is 11.1 Å². The quantitative estimate of drug-likeness (QED) is 0.583. The van der Waals surface area contributed by atoms with E-state index in [9.17, 15) is 0 Å². The summed E-state index contributed by atoms with van der Waals surface area (Å²) in [6.45, 7) is 5.07. The van der Waals surface area contributed by atoms with Crippen LogP contribution >= 0.6 is 0 Å². The van der Waals surface area contributed by atoms with Gasteiger partial charge in [-0.15, -0.1) is 0 Å². The molecule has 0 N–H and O–H groups in total. The summed E-state index contributed by atoms with van der Waals surface area (Å²) in [5.41, 5.74) is 2.47. The second-order valence-corrected chi connectivity index (χ2v) is 3.60. The maximum Gasteiger partial charge on any atom is 0.216 e. The largest absolute Gasteiger partial charge is 0.477 e. The zero-order chi connectivity index (χ0) is 8.55. The Morgan fingerprint density at radius 2 is 2.42 bits per heavy atom. The molecule has 0 saturated heterocycles. The molecule has 0 radical (unpaired) electrons. The Bertz CT molecular complexity index is 296. The van der Waals surface area contributed by atoms with E-state index in [2.05, 4.69) is 24.9 Å². The van der Waals surface area contributed by atoms with Crippen LogP contribution < -0.4 is 4.74 Å². The van der Waals surface area contributed by atoms with Crippen molar-refractivity contribution in [2.45, 2.75) is 20.3 Å². The standard InChI is InChI=1S/C10H13NO/c1-7-3-9-4-8(2)6-12-10(9)11-5-7/h3,5,8H,4,6H2,1-2H3. The van der Waals surface area contributed by atoms with Crippen molar-refractivity contribution in [3.05, 3.63) is 23.4 Å². The van der Waals surface area contributed by atoms with Gasteiger partial charge in [-0.1, -0.05) is 6.92 Å². The average Bonchev–Trinajstić information content (AvgIpc) is 2.03. The first-order valence-electron chi connectivity index (χ1n) is 4.34. The third-order valence-corrected chi connectivity index (χ3v) is 2.13. The molecule has 1 aromatic rings. The Balaban J connectivity index is 2.37. The van der Waals surface area contributed by atoms with E-state index in [4.69, 9.17) is 4.74 Å². The predicted octanol–water partition coefficient (Wildman–Crippen LogP) is 1.96. The van der Waals surface area contributed by atoms with Crippen LogP contribution in [0.3, 0.4) is 0 Å². The molecule has 0 fully saturated rings. The topological polar surface area (TPSA) is 22.1 Å². The van der Waals surface area contributed by atoms with Gasteiger partial charge in [-0.25, -0.2) is 4.98 Å². The van der Waals surface area contributed by atoms with Crippen molar-refractivity contribution in [3.8, 4) is 5.88 Å². The molecular weight excluding hydrogens is 150 g/mol. The fourth-order valence-electron chi connectivity index (χ4n) is 1.55. The van der Waals surface area contributed by atoms with Gasteiger partial charge in [0.2, 0.25) is 5.88 Å². The van der Waals surface area contributed by atoms with Gasteiger partial charge in [0.1, 0.15) is 0 Å². The first kappa shape index (κ1) is 7.59. The number of ether oxygens (including phenoxy) is 1. The molecule has 1 aliphatic heterocycles. The Hall–Kier alpha value is -1.05. The van der Waals surface area contributed by atoms with E-state index < -0.39 is 0 Å².